The predicted octanol–water partition coefficient (Wildman–Crippen LogP) is 0.553. The molecular formula is C8H15NO4. The Kier molecular flexibility index (Phi) is 5.06. The predicted molar refractivity (Wildman–Crippen MR) is 45.8 cm³/mol. The van der Waals surface area contributed by atoms with Crippen molar-refractivity contribution >= 4 is 11.9 Å². The van der Waals surface area contributed by atoms with Crippen LogP contribution in [0.4, 0.5) is 0 Å². The Morgan fingerprint density at radius 3 is 2.31 bits per heavy atom. The number of carbonyl (C=O) groups excluding carboxylic acids is 1. The van der Waals surface area contributed by atoms with Crippen LogP contribution in [0.1, 0.15) is 27.2 Å². The van der Waals surface area contributed by atoms with Crippen molar-refractivity contribution in [3.63, 3.8) is 0 Å². The summed E-state index contributed by atoms with van der Waals surface area (Å²) in [5, 5.41) is 8.68. The molecule has 5 nitrogen and oxygen atoms in total. The topological polar surface area (TPSA) is 75.6 Å². The van der Waals surface area contributed by atoms with Crippen LogP contribution in [-0.4, -0.2) is 23.1 Å². The third-order valence-corrected chi connectivity index (χ3v) is 1.35. The van der Waals surface area contributed by atoms with E-state index < -0.39 is 18.0 Å². The summed E-state index contributed by atoms with van der Waals surface area (Å²) >= 11 is 0. The van der Waals surface area contributed by atoms with Crippen LogP contribution in [0, 0.1) is 5.92 Å². The number of nitrogens with one attached hydrogen (secondary N) is 1. The van der Waals surface area contributed by atoms with E-state index in [2.05, 4.69) is 10.3 Å². The molecule has 5 heteroatoms. The number of hydroxylamine groups is 1. The summed E-state index contributed by atoms with van der Waals surface area (Å²) in [5.74, 6) is -1.34. The van der Waals surface area contributed by atoms with Crippen molar-refractivity contribution in [2.45, 2.75) is 33.2 Å². The van der Waals surface area contributed by atoms with Crippen molar-refractivity contribution in [1.29, 1.82) is 0 Å². The number of aliphatic carboxylic acids is 1. The first-order chi connectivity index (χ1) is 5.93. The molecule has 0 amide bonds. The molecule has 0 spiro atoms. The average molecular weight is 189 g/mol. The van der Waals surface area contributed by atoms with Crippen molar-refractivity contribution in [3.05, 3.63) is 0 Å². The van der Waals surface area contributed by atoms with Crippen molar-refractivity contribution in [2.75, 3.05) is 0 Å². The highest BCUT2D eigenvalue weighted by atomic mass is 16.7. The molecule has 0 heterocycles. The van der Waals surface area contributed by atoms with Gasteiger partial charge in [-0.1, -0.05) is 13.8 Å². The SMILES string of the molecule is CC(=O)ON[C@@H](CC(C)C)C(=O)O. The summed E-state index contributed by atoms with van der Waals surface area (Å²) in [6.45, 7) is 5.00. The van der Waals surface area contributed by atoms with E-state index >= 15 is 0 Å². The molecule has 0 bridgehead atoms. The third-order valence-electron chi connectivity index (χ3n) is 1.35. The van der Waals surface area contributed by atoms with Crippen molar-refractivity contribution in [2.24, 2.45) is 5.92 Å². The van der Waals surface area contributed by atoms with Crippen LogP contribution in [-0.2, 0) is 14.4 Å². The molecule has 1 atom stereocenters. The minimum absolute atomic E-state index is 0.226. The minimum Gasteiger partial charge on any atom is -0.480 e. The van der Waals surface area contributed by atoms with Crippen molar-refractivity contribution in [3.8, 4) is 0 Å². The third kappa shape index (κ3) is 6.10. The average Bonchev–Trinajstić information content (AvgIpc) is 1.96. The second-order valence-electron chi connectivity index (χ2n) is 3.23. The van der Waals surface area contributed by atoms with Crippen LogP contribution in [0.25, 0.3) is 0 Å². The number of carboxylic acids is 1. The smallest absolute Gasteiger partial charge is 0.324 e. The summed E-state index contributed by atoms with van der Waals surface area (Å²) in [7, 11) is 0. The van der Waals surface area contributed by atoms with Gasteiger partial charge in [-0.15, -0.1) is 5.48 Å². The zero-order valence-electron chi connectivity index (χ0n) is 8.03. The number of carboxylic acid groups (broad SMARTS) is 1. The molecule has 0 saturated carbocycles. The number of carbonyl (C=O) groups is 2. The largest absolute Gasteiger partial charge is 0.480 e. The number of rotatable bonds is 5. The lowest BCUT2D eigenvalue weighted by Crippen LogP contribution is -2.38. The monoisotopic (exact) mass is 189 g/mol. The van der Waals surface area contributed by atoms with Gasteiger partial charge in [0.25, 0.3) is 0 Å². The first-order valence-electron chi connectivity index (χ1n) is 4.09. The first-order valence-corrected chi connectivity index (χ1v) is 4.09. The quantitative estimate of drug-likeness (QED) is 0.618. The summed E-state index contributed by atoms with van der Waals surface area (Å²) in [6.07, 6.45) is 0.419. The van der Waals surface area contributed by atoms with Gasteiger partial charge in [-0.3, -0.25) is 9.59 Å². The lowest BCUT2D eigenvalue weighted by Gasteiger charge is -2.14. The Morgan fingerprint density at radius 1 is 1.46 bits per heavy atom. The van der Waals surface area contributed by atoms with Crippen LogP contribution in [0.15, 0.2) is 0 Å². The minimum atomic E-state index is -1.02. The molecule has 0 aromatic heterocycles. The fraction of sp³-hybridized carbons (Fsp3) is 0.750. The number of hydrogen-bond acceptors (Lipinski definition) is 4. The highest BCUT2D eigenvalue weighted by Gasteiger charge is 2.19. The highest BCUT2D eigenvalue weighted by molar-refractivity contribution is 5.73. The van der Waals surface area contributed by atoms with Crippen molar-refractivity contribution < 1.29 is 19.5 Å². The lowest BCUT2D eigenvalue weighted by atomic mass is 10.1. The van der Waals surface area contributed by atoms with Crippen LogP contribution in [0.3, 0.4) is 0 Å². The van der Waals surface area contributed by atoms with Crippen LogP contribution < -0.4 is 5.48 Å². The van der Waals surface area contributed by atoms with E-state index in [0.29, 0.717) is 6.42 Å². The van der Waals surface area contributed by atoms with Gasteiger partial charge in [-0.25, -0.2) is 0 Å². The van der Waals surface area contributed by atoms with Gasteiger partial charge < -0.3 is 9.94 Å². The molecule has 0 radical (unpaired) electrons. The molecule has 0 unspecified atom stereocenters. The molecule has 0 rings (SSSR count). The molecule has 0 aliphatic carbocycles. The van der Waals surface area contributed by atoms with Gasteiger partial charge in [-0.2, -0.15) is 0 Å². The van der Waals surface area contributed by atoms with E-state index in [1.54, 1.807) is 0 Å². The molecule has 76 valence electrons. The Labute approximate surface area is 77.0 Å². The van der Waals surface area contributed by atoms with Crippen LogP contribution >= 0.6 is 0 Å². The highest BCUT2D eigenvalue weighted by Crippen LogP contribution is 2.04. The fourth-order valence-electron chi connectivity index (χ4n) is 0.825. The Balaban J connectivity index is 3.95. The summed E-state index contributed by atoms with van der Waals surface area (Å²) in [5.41, 5.74) is 2.20. The van der Waals surface area contributed by atoms with E-state index in [1.807, 2.05) is 13.8 Å². The van der Waals surface area contributed by atoms with E-state index in [-0.39, 0.29) is 5.92 Å². The molecule has 0 aromatic carbocycles. The second kappa shape index (κ2) is 5.53. The van der Waals surface area contributed by atoms with E-state index in [4.69, 9.17) is 5.11 Å². The van der Waals surface area contributed by atoms with Crippen molar-refractivity contribution in [1.82, 2.24) is 5.48 Å². The van der Waals surface area contributed by atoms with Gasteiger partial charge in [0.05, 0.1) is 0 Å². The van der Waals surface area contributed by atoms with E-state index in [9.17, 15) is 9.59 Å². The molecule has 2 N–H and O–H groups in total. The molecule has 0 aliphatic rings. The number of hydrogen-bond donors (Lipinski definition) is 2. The summed E-state index contributed by atoms with van der Waals surface area (Å²) in [6, 6.07) is -0.830. The molecule has 0 fully saturated rings. The van der Waals surface area contributed by atoms with Gasteiger partial charge in [0.1, 0.15) is 6.04 Å². The maximum atomic E-state index is 10.6. The lowest BCUT2D eigenvalue weighted by molar-refractivity contribution is -0.156. The molecule has 0 aliphatic heterocycles. The zero-order valence-corrected chi connectivity index (χ0v) is 8.03. The molecule has 0 aromatic rings. The summed E-state index contributed by atoms with van der Waals surface area (Å²) in [4.78, 5) is 25.4. The van der Waals surface area contributed by atoms with Crippen LogP contribution in [0.2, 0.25) is 0 Å². The van der Waals surface area contributed by atoms with E-state index in [0.717, 1.165) is 0 Å². The Bertz CT molecular complexity index is 191. The normalized spacial score (nSPS) is 12.6. The van der Waals surface area contributed by atoms with Gasteiger partial charge in [-0.05, 0) is 12.3 Å². The van der Waals surface area contributed by atoms with E-state index in [1.165, 1.54) is 6.92 Å². The first kappa shape index (κ1) is 11.9. The summed E-state index contributed by atoms with van der Waals surface area (Å²) < 4.78 is 0. The maximum absolute atomic E-state index is 10.6. The zero-order chi connectivity index (χ0) is 10.4. The fourth-order valence-corrected chi connectivity index (χ4v) is 0.825. The van der Waals surface area contributed by atoms with Gasteiger partial charge >= 0.3 is 11.9 Å². The second-order valence-corrected chi connectivity index (χ2v) is 3.23. The molecular weight excluding hydrogens is 174 g/mol. The Morgan fingerprint density at radius 2 is 2.00 bits per heavy atom. The molecule has 13 heavy (non-hydrogen) atoms. The van der Waals surface area contributed by atoms with Crippen LogP contribution in [0.5, 0.6) is 0 Å². The maximum Gasteiger partial charge on any atom is 0.324 e. The van der Waals surface area contributed by atoms with Gasteiger partial charge in [0.15, 0.2) is 0 Å². The van der Waals surface area contributed by atoms with Gasteiger partial charge in [0.2, 0.25) is 0 Å². The Hall–Kier alpha value is -1.10. The van der Waals surface area contributed by atoms with Gasteiger partial charge in [0, 0.05) is 6.92 Å². The standard InChI is InChI=1S/C8H15NO4/c1-5(2)4-7(8(11)12)9-13-6(3)10/h5,7,9H,4H2,1-3H3,(H,11,12)/t7-/m0/s1. The molecule has 0 saturated heterocycles.